The number of nitrogens with zero attached hydrogens (tertiary/aromatic N) is 2. The van der Waals surface area contributed by atoms with Gasteiger partial charge in [-0.25, -0.2) is 0 Å². The van der Waals surface area contributed by atoms with Gasteiger partial charge in [-0.3, -0.25) is 14.4 Å². The van der Waals surface area contributed by atoms with Crippen molar-refractivity contribution < 1.29 is 14.4 Å². The van der Waals surface area contributed by atoms with Gasteiger partial charge in [-0.05, 0) is 49.4 Å². The average molecular weight is 569 g/mol. The Morgan fingerprint density at radius 3 is 1.83 bits per heavy atom. The minimum atomic E-state index is -0.831. The first-order valence-corrected chi connectivity index (χ1v) is 14.3. The molecule has 0 aliphatic heterocycles. The zero-order valence-electron chi connectivity index (χ0n) is 25.6. The Morgan fingerprint density at radius 2 is 1.29 bits per heavy atom. The highest BCUT2D eigenvalue weighted by Gasteiger charge is 2.34. The van der Waals surface area contributed by atoms with Crippen LogP contribution < -0.4 is 11.1 Å². The second-order valence-corrected chi connectivity index (χ2v) is 11.7. The summed E-state index contributed by atoms with van der Waals surface area (Å²) in [6.07, 6.45) is 2.74. The molecule has 222 valence electrons. The molecule has 0 spiro atoms. The second-order valence-electron chi connectivity index (χ2n) is 11.7. The van der Waals surface area contributed by atoms with Crippen molar-refractivity contribution >= 4 is 17.7 Å². The monoisotopic (exact) mass is 568 g/mol. The number of hydrogen-bond acceptors (Lipinski definition) is 4. The third-order valence-electron chi connectivity index (χ3n) is 7.33. The van der Waals surface area contributed by atoms with Crippen molar-refractivity contribution in [3.05, 3.63) is 108 Å². The van der Waals surface area contributed by atoms with E-state index in [-0.39, 0.29) is 17.7 Å². The molecule has 0 fully saturated rings. The van der Waals surface area contributed by atoms with Crippen LogP contribution in [-0.2, 0) is 27.2 Å². The number of likely N-dealkylation sites (N-methyl/N-ethyl adjacent to an activating group) is 3. The Bertz CT molecular complexity index is 1360. The molecule has 0 aromatic heterocycles. The lowest BCUT2D eigenvalue weighted by Gasteiger charge is -2.34. The molecule has 0 saturated heterocycles. The van der Waals surface area contributed by atoms with Crippen LogP contribution in [-0.4, -0.2) is 66.3 Å². The van der Waals surface area contributed by atoms with E-state index in [0.29, 0.717) is 19.3 Å². The molecule has 0 saturated carbocycles. The second kappa shape index (κ2) is 14.6. The molecule has 7 heteroatoms. The maximum absolute atomic E-state index is 14.2. The van der Waals surface area contributed by atoms with E-state index in [9.17, 15) is 14.4 Å². The number of benzene rings is 3. The van der Waals surface area contributed by atoms with Crippen LogP contribution in [0.2, 0.25) is 0 Å². The molecule has 2 atom stereocenters. The highest BCUT2D eigenvalue weighted by molar-refractivity contribution is 5.95. The lowest BCUT2D eigenvalue weighted by Crippen LogP contribution is -2.55. The summed E-state index contributed by atoms with van der Waals surface area (Å²) < 4.78 is 0. The van der Waals surface area contributed by atoms with Crippen LogP contribution in [0.5, 0.6) is 0 Å². The van der Waals surface area contributed by atoms with Crippen molar-refractivity contribution in [2.24, 2.45) is 5.73 Å². The van der Waals surface area contributed by atoms with Gasteiger partial charge < -0.3 is 20.9 Å². The SMILES string of the molecule is CNC(=O)[C@H](Cc1ccccc1)N(C)C(=O)[C@H](Cc1ccc(-c2ccccc2)cc1)N(C)C(=O)C=C(C)CC(C)(C)N. The van der Waals surface area contributed by atoms with E-state index < -0.39 is 17.6 Å². The van der Waals surface area contributed by atoms with Crippen LogP contribution in [0.1, 0.15) is 38.3 Å². The summed E-state index contributed by atoms with van der Waals surface area (Å²) in [4.78, 5) is 43.5. The van der Waals surface area contributed by atoms with Gasteiger partial charge in [0.25, 0.3) is 0 Å². The molecule has 0 heterocycles. The first-order chi connectivity index (χ1) is 19.9. The zero-order valence-corrected chi connectivity index (χ0v) is 25.6. The lowest BCUT2D eigenvalue weighted by molar-refractivity contribution is -0.146. The summed E-state index contributed by atoms with van der Waals surface area (Å²) in [7, 11) is 4.83. The molecule has 0 radical (unpaired) electrons. The summed E-state index contributed by atoms with van der Waals surface area (Å²) in [5.74, 6) is -0.868. The van der Waals surface area contributed by atoms with Crippen molar-refractivity contribution in [2.75, 3.05) is 21.1 Å². The van der Waals surface area contributed by atoms with Gasteiger partial charge in [-0.15, -0.1) is 0 Å². The van der Waals surface area contributed by atoms with E-state index >= 15 is 0 Å². The fourth-order valence-corrected chi connectivity index (χ4v) is 5.11. The van der Waals surface area contributed by atoms with E-state index in [0.717, 1.165) is 27.8 Å². The number of hydrogen-bond donors (Lipinski definition) is 2. The van der Waals surface area contributed by atoms with Crippen LogP contribution >= 0.6 is 0 Å². The van der Waals surface area contributed by atoms with E-state index in [4.69, 9.17) is 5.73 Å². The standard InChI is InChI=1S/C35H44N4O3/c1-25(24-35(2,3)36)21-32(40)38(5)31(23-27-17-19-29(20-18-27)28-15-11-8-12-16-28)34(42)39(6)30(33(41)37-4)22-26-13-9-7-10-14-26/h7-21,30-31H,22-24,36H2,1-6H3,(H,37,41)/t30-,31-/m0/s1. The number of nitrogens with two attached hydrogens (primary N) is 1. The van der Waals surface area contributed by atoms with Gasteiger partial charge in [0.1, 0.15) is 12.1 Å². The number of rotatable bonds is 12. The number of carbonyl (C=O) groups is 3. The summed E-state index contributed by atoms with van der Waals surface area (Å²) in [5, 5.41) is 2.70. The summed E-state index contributed by atoms with van der Waals surface area (Å²) in [6, 6.07) is 26.1. The molecule has 3 aromatic rings. The molecule has 42 heavy (non-hydrogen) atoms. The summed E-state index contributed by atoms with van der Waals surface area (Å²) in [6.45, 7) is 5.68. The molecule has 3 amide bonds. The van der Waals surface area contributed by atoms with Crippen molar-refractivity contribution in [2.45, 2.75) is 57.7 Å². The normalized spacial score (nSPS) is 13.2. The van der Waals surface area contributed by atoms with Gasteiger partial charge in [0.15, 0.2) is 0 Å². The van der Waals surface area contributed by atoms with Gasteiger partial charge in [0.05, 0.1) is 0 Å². The lowest BCUT2D eigenvalue weighted by atomic mass is 9.96. The first-order valence-electron chi connectivity index (χ1n) is 14.3. The third kappa shape index (κ3) is 9.14. The van der Waals surface area contributed by atoms with Crippen molar-refractivity contribution in [1.82, 2.24) is 15.1 Å². The zero-order chi connectivity index (χ0) is 30.9. The van der Waals surface area contributed by atoms with Gasteiger partial charge in [0.2, 0.25) is 17.7 Å². The predicted octanol–water partition coefficient (Wildman–Crippen LogP) is 4.61. The minimum Gasteiger partial charge on any atom is -0.357 e. The predicted molar refractivity (Wildman–Crippen MR) is 170 cm³/mol. The summed E-state index contributed by atoms with van der Waals surface area (Å²) in [5.41, 5.74) is 10.5. The Morgan fingerprint density at radius 1 is 0.786 bits per heavy atom. The molecule has 0 bridgehead atoms. The molecular formula is C35H44N4O3. The molecule has 0 aliphatic carbocycles. The van der Waals surface area contributed by atoms with E-state index in [1.54, 1.807) is 27.2 Å². The maximum atomic E-state index is 14.2. The van der Waals surface area contributed by atoms with Crippen molar-refractivity contribution in [3.8, 4) is 11.1 Å². The summed E-state index contributed by atoms with van der Waals surface area (Å²) >= 11 is 0. The van der Waals surface area contributed by atoms with Crippen LogP contribution in [0.4, 0.5) is 0 Å². The highest BCUT2D eigenvalue weighted by Crippen LogP contribution is 2.22. The quantitative estimate of drug-likeness (QED) is 0.312. The largest absolute Gasteiger partial charge is 0.357 e. The van der Waals surface area contributed by atoms with E-state index in [2.05, 4.69) is 5.32 Å². The smallest absolute Gasteiger partial charge is 0.246 e. The molecule has 3 N–H and O–H groups in total. The van der Waals surface area contributed by atoms with E-state index in [1.165, 1.54) is 9.80 Å². The first kappa shape index (κ1) is 32.3. The Hall–Kier alpha value is -4.23. The number of carbonyl (C=O) groups excluding carboxylic acids is 3. The molecule has 0 unspecified atom stereocenters. The van der Waals surface area contributed by atoms with Gasteiger partial charge in [-0.1, -0.05) is 90.5 Å². The minimum absolute atomic E-state index is 0.268. The van der Waals surface area contributed by atoms with Crippen molar-refractivity contribution in [3.63, 3.8) is 0 Å². The fourth-order valence-electron chi connectivity index (χ4n) is 5.11. The van der Waals surface area contributed by atoms with Gasteiger partial charge >= 0.3 is 0 Å². The topological polar surface area (TPSA) is 95.7 Å². The Kier molecular flexibility index (Phi) is 11.2. The Balaban J connectivity index is 1.93. The van der Waals surface area contributed by atoms with Gasteiger partial charge in [-0.2, -0.15) is 0 Å². The van der Waals surface area contributed by atoms with Crippen LogP contribution in [0.15, 0.2) is 96.6 Å². The average Bonchev–Trinajstić information content (AvgIpc) is 2.97. The highest BCUT2D eigenvalue weighted by atomic mass is 16.2. The van der Waals surface area contributed by atoms with Crippen molar-refractivity contribution in [1.29, 1.82) is 0 Å². The molecular weight excluding hydrogens is 524 g/mol. The molecule has 7 nitrogen and oxygen atoms in total. The molecule has 0 aliphatic rings. The Labute approximate surface area is 250 Å². The van der Waals surface area contributed by atoms with Crippen LogP contribution in [0.3, 0.4) is 0 Å². The number of amides is 3. The third-order valence-corrected chi connectivity index (χ3v) is 7.33. The maximum Gasteiger partial charge on any atom is 0.246 e. The molecule has 3 rings (SSSR count). The van der Waals surface area contributed by atoms with Gasteiger partial charge in [0, 0.05) is 45.6 Å². The van der Waals surface area contributed by atoms with Crippen LogP contribution in [0, 0.1) is 0 Å². The fraction of sp³-hybridized carbons (Fsp3) is 0.343. The van der Waals surface area contributed by atoms with Crippen LogP contribution in [0.25, 0.3) is 11.1 Å². The van der Waals surface area contributed by atoms with E-state index in [1.807, 2.05) is 106 Å². The number of nitrogens with one attached hydrogen (secondary N) is 1. The molecule has 3 aromatic carbocycles.